The van der Waals surface area contributed by atoms with E-state index < -0.39 is 5.97 Å². The number of carbonyl (C=O) groups is 2. The van der Waals surface area contributed by atoms with Crippen LogP contribution in [0.15, 0.2) is 64.8 Å². The second kappa shape index (κ2) is 10.5. The van der Waals surface area contributed by atoms with E-state index >= 15 is 0 Å². The fourth-order valence-electron chi connectivity index (χ4n) is 2.22. The van der Waals surface area contributed by atoms with Crippen molar-refractivity contribution in [2.45, 2.75) is 26.9 Å². The van der Waals surface area contributed by atoms with Gasteiger partial charge in [-0.2, -0.15) is 0 Å². The van der Waals surface area contributed by atoms with Crippen LogP contribution in [0.25, 0.3) is 0 Å². The molecule has 5 nitrogen and oxygen atoms in total. The second-order valence-corrected chi connectivity index (χ2v) is 6.85. The minimum absolute atomic E-state index is 0.110. The predicted molar refractivity (Wildman–Crippen MR) is 109 cm³/mol. The molecule has 2 rings (SSSR count). The summed E-state index contributed by atoms with van der Waals surface area (Å²) in [5.74, 6) is -0.00644. The summed E-state index contributed by atoms with van der Waals surface area (Å²) in [5.41, 5.74) is 2.76. The number of anilines is 1. The molecule has 0 aromatic heterocycles. The Morgan fingerprint density at radius 2 is 1.85 bits per heavy atom. The van der Waals surface area contributed by atoms with Gasteiger partial charge >= 0.3 is 5.97 Å². The maximum absolute atomic E-state index is 11.3. The predicted octanol–water partition coefficient (Wildman–Crippen LogP) is 4.87. The van der Waals surface area contributed by atoms with E-state index in [4.69, 9.17) is 9.47 Å². The van der Waals surface area contributed by atoms with E-state index in [1.165, 1.54) is 6.92 Å². The minimum Gasteiger partial charge on any atom is -0.488 e. The number of benzene rings is 2. The summed E-state index contributed by atoms with van der Waals surface area (Å²) in [6.45, 7) is 3.81. The molecule has 0 aliphatic heterocycles. The van der Waals surface area contributed by atoms with E-state index in [1.54, 1.807) is 6.08 Å². The Kier molecular flexibility index (Phi) is 8.07. The molecule has 0 amide bonds. The largest absolute Gasteiger partial charge is 0.488 e. The maximum Gasteiger partial charge on any atom is 0.313 e. The topological polar surface area (TPSA) is 64.6 Å². The molecule has 0 heterocycles. The van der Waals surface area contributed by atoms with Crippen molar-refractivity contribution in [2.24, 2.45) is 0 Å². The summed E-state index contributed by atoms with van der Waals surface area (Å²) in [5, 5.41) is 3.22. The molecule has 142 valence electrons. The number of ketones is 1. The smallest absolute Gasteiger partial charge is 0.313 e. The van der Waals surface area contributed by atoms with Gasteiger partial charge in [0.25, 0.3) is 0 Å². The highest BCUT2D eigenvalue weighted by Gasteiger charge is 2.06. The number of ether oxygens (including phenoxy) is 2. The van der Waals surface area contributed by atoms with Crippen molar-refractivity contribution in [2.75, 3.05) is 11.9 Å². The van der Waals surface area contributed by atoms with Gasteiger partial charge in [-0.1, -0.05) is 30.3 Å². The van der Waals surface area contributed by atoms with Crippen molar-refractivity contribution in [3.8, 4) is 5.75 Å². The quantitative estimate of drug-likeness (QED) is 0.453. The third kappa shape index (κ3) is 7.66. The van der Waals surface area contributed by atoms with Crippen molar-refractivity contribution in [1.29, 1.82) is 0 Å². The van der Waals surface area contributed by atoms with Gasteiger partial charge in [-0.05, 0) is 53.5 Å². The number of nitrogens with one attached hydrogen (secondary N) is 1. The Bertz CT molecular complexity index is 818. The molecule has 0 unspecified atom stereocenters. The molecule has 0 aliphatic carbocycles. The number of hydrogen-bond acceptors (Lipinski definition) is 5. The van der Waals surface area contributed by atoms with Gasteiger partial charge < -0.3 is 14.8 Å². The summed E-state index contributed by atoms with van der Waals surface area (Å²) >= 11 is 3.50. The third-order valence-corrected chi connectivity index (χ3v) is 4.19. The second-order valence-electron chi connectivity index (χ2n) is 5.99. The molecule has 0 saturated carbocycles. The van der Waals surface area contributed by atoms with Crippen LogP contribution in [0, 0.1) is 0 Å². The van der Waals surface area contributed by atoms with Crippen LogP contribution >= 0.6 is 15.9 Å². The fraction of sp³-hybridized carbons (Fsp3) is 0.238. The number of hydrogen-bond donors (Lipinski definition) is 1. The lowest BCUT2D eigenvalue weighted by molar-refractivity contribution is -0.144. The molecule has 0 bridgehead atoms. The molecule has 2 aromatic rings. The molecule has 27 heavy (non-hydrogen) atoms. The van der Waals surface area contributed by atoms with E-state index in [-0.39, 0.29) is 18.8 Å². The van der Waals surface area contributed by atoms with Gasteiger partial charge in [0.2, 0.25) is 0 Å². The van der Waals surface area contributed by atoms with Crippen molar-refractivity contribution < 1.29 is 19.1 Å². The zero-order valence-corrected chi connectivity index (χ0v) is 16.9. The number of Topliss-reactive ketones (excluding diaryl/α,β-unsaturated/α-hetero) is 1. The molecular weight excluding hydrogens is 410 g/mol. The minimum atomic E-state index is -0.521. The number of rotatable bonds is 9. The molecule has 6 heteroatoms. The molecule has 0 saturated heterocycles. The average molecular weight is 432 g/mol. The van der Waals surface area contributed by atoms with Gasteiger partial charge in [-0.15, -0.1) is 0 Å². The molecule has 0 fully saturated rings. The highest BCUT2D eigenvalue weighted by Crippen LogP contribution is 2.29. The lowest BCUT2D eigenvalue weighted by Crippen LogP contribution is -2.09. The number of allylic oxidation sites excluding steroid dienone is 1. The Balaban J connectivity index is 1.91. The lowest BCUT2D eigenvalue weighted by Gasteiger charge is -2.12. The van der Waals surface area contributed by atoms with Crippen LogP contribution in [0.5, 0.6) is 5.75 Å². The molecule has 0 atom stereocenters. The number of halogens is 1. The van der Waals surface area contributed by atoms with E-state index in [0.29, 0.717) is 6.61 Å². The lowest BCUT2D eigenvalue weighted by atomic mass is 10.2. The third-order valence-electron chi connectivity index (χ3n) is 3.54. The van der Waals surface area contributed by atoms with Crippen molar-refractivity contribution in [1.82, 2.24) is 0 Å². The van der Waals surface area contributed by atoms with Crippen LogP contribution in [0.4, 0.5) is 5.69 Å². The monoisotopic (exact) mass is 431 g/mol. The van der Waals surface area contributed by atoms with Crippen LogP contribution in [0.3, 0.4) is 0 Å². The Hall–Kier alpha value is -2.60. The molecule has 0 aliphatic rings. The maximum atomic E-state index is 11.3. The molecule has 0 radical (unpaired) electrons. The Labute approximate surface area is 167 Å². The van der Waals surface area contributed by atoms with E-state index in [1.807, 2.05) is 55.5 Å². The van der Waals surface area contributed by atoms with Gasteiger partial charge in [0.1, 0.15) is 31.2 Å². The Morgan fingerprint density at radius 1 is 1.11 bits per heavy atom. The first kappa shape index (κ1) is 20.7. The van der Waals surface area contributed by atoms with Crippen molar-refractivity contribution >= 4 is 33.4 Å². The first-order valence-electron chi connectivity index (χ1n) is 8.49. The first-order valence-corrected chi connectivity index (χ1v) is 9.28. The molecule has 1 N–H and O–H groups in total. The average Bonchev–Trinajstić information content (AvgIpc) is 2.62. The van der Waals surface area contributed by atoms with E-state index in [0.717, 1.165) is 27.2 Å². The van der Waals surface area contributed by atoms with Gasteiger partial charge in [-0.3, -0.25) is 9.59 Å². The van der Waals surface area contributed by atoms with Gasteiger partial charge in [-0.25, -0.2) is 0 Å². The standard InChI is InChI=1S/C21H22BrNO4/c1-15(10-11-26-21(25)12-16(2)24)23-18-8-9-19(22)20(13-18)27-14-17-6-4-3-5-7-17/h3-10,13,23H,11-12,14H2,1-2H3. The van der Waals surface area contributed by atoms with E-state index in [2.05, 4.69) is 21.2 Å². The fourth-order valence-corrected chi connectivity index (χ4v) is 2.58. The van der Waals surface area contributed by atoms with Crippen molar-refractivity contribution in [3.63, 3.8) is 0 Å². The van der Waals surface area contributed by atoms with Crippen LogP contribution < -0.4 is 10.1 Å². The van der Waals surface area contributed by atoms with Crippen LogP contribution in [0.2, 0.25) is 0 Å². The van der Waals surface area contributed by atoms with Crippen molar-refractivity contribution in [3.05, 3.63) is 70.3 Å². The zero-order chi connectivity index (χ0) is 19.6. The van der Waals surface area contributed by atoms with Gasteiger partial charge in [0.05, 0.1) is 4.47 Å². The van der Waals surface area contributed by atoms with Crippen LogP contribution in [-0.2, 0) is 20.9 Å². The van der Waals surface area contributed by atoms with Crippen LogP contribution in [-0.4, -0.2) is 18.4 Å². The Morgan fingerprint density at radius 3 is 2.56 bits per heavy atom. The summed E-state index contributed by atoms with van der Waals surface area (Å²) in [6, 6.07) is 15.7. The molecule has 2 aromatic carbocycles. The number of esters is 1. The summed E-state index contributed by atoms with van der Waals surface area (Å²) in [6.07, 6.45) is 1.54. The summed E-state index contributed by atoms with van der Waals surface area (Å²) in [4.78, 5) is 22.2. The molecule has 0 spiro atoms. The normalized spacial score (nSPS) is 11.0. The highest BCUT2D eigenvalue weighted by atomic mass is 79.9. The SMILES string of the molecule is CC(=O)CC(=O)OCC=C(C)Nc1ccc(Br)c(OCc2ccccc2)c1. The first-order chi connectivity index (χ1) is 12.9. The summed E-state index contributed by atoms with van der Waals surface area (Å²) < 4.78 is 11.7. The highest BCUT2D eigenvalue weighted by molar-refractivity contribution is 9.10. The summed E-state index contributed by atoms with van der Waals surface area (Å²) in [7, 11) is 0. The van der Waals surface area contributed by atoms with E-state index in [9.17, 15) is 9.59 Å². The van der Waals surface area contributed by atoms with Crippen LogP contribution in [0.1, 0.15) is 25.8 Å². The molecular formula is C21H22BrNO4. The van der Waals surface area contributed by atoms with Gasteiger partial charge in [0.15, 0.2) is 0 Å². The zero-order valence-electron chi connectivity index (χ0n) is 15.3. The van der Waals surface area contributed by atoms with Gasteiger partial charge in [0, 0.05) is 17.5 Å². The number of carbonyl (C=O) groups excluding carboxylic acids is 2.